The van der Waals surface area contributed by atoms with Crippen molar-refractivity contribution < 1.29 is 49.0 Å². The van der Waals surface area contributed by atoms with Crippen molar-refractivity contribution in [2.45, 2.75) is 19.3 Å². The third-order valence-corrected chi connectivity index (χ3v) is 8.55. The van der Waals surface area contributed by atoms with Gasteiger partial charge < -0.3 is 24.8 Å². The van der Waals surface area contributed by atoms with Crippen LogP contribution < -0.4 is 24.8 Å². The van der Waals surface area contributed by atoms with Gasteiger partial charge in [-0.1, -0.05) is 53.9 Å². The predicted molar refractivity (Wildman–Crippen MR) is 176 cm³/mol. The second-order valence-corrected chi connectivity index (χ2v) is 12.3. The summed E-state index contributed by atoms with van der Waals surface area (Å²) in [7, 11) is 0. The Balaban J connectivity index is 0.000000171. The van der Waals surface area contributed by atoms with E-state index in [4.69, 9.17) is 0 Å². The Hall–Kier alpha value is -3.48. The zero-order valence-electron chi connectivity index (χ0n) is 24.4. The molecule has 1 aliphatic carbocycles. The third kappa shape index (κ3) is 7.96. The van der Waals surface area contributed by atoms with E-state index in [0.29, 0.717) is 0 Å². The molecule has 0 atom stereocenters. The fourth-order valence-electron chi connectivity index (χ4n) is 5.80. The molecule has 0 N–H and O–H groups in total. The standard InChI is InChI=1S/C21H13.C15H14.C5H5.2ClH.Zr/c1-2-8-15-14(7-1)13-20-18-11-4-3-9-16(18)17-10-5-6-12-19(17)21(15)20;1-3-8-14(9-4-1)12-7-13-15-10-5-2-6-11-15;1-2-4-5-3-1;;;/h1-10,12H,13H2;1-6,8-11H,12-13H2;1-5H;2*1H;/q-1;;-1;;;+2/p-2. The first-order valence-electron chi connectivity index (χ1n) is 14.5. The predicted octanol–water partition coefficient (Wildman–Crippen LogP) is 3.97. The van der Waals surface area contributed by atoms with Crippen molar-refractivity contribution in [3.05, 3.63) is 186 Å². The van der Waals surface area contributed by atoms with Crippen LogP contribution in [-0.2, 0) is 43.5 Å². The smallest absolute Gasteiger partial charge is 0.0240 e. The molecule has 0 radical (unpaired) electrons. The first-order chi connectivity index (χ1) is 20.8. The molecule has 0 bridgehead atoms. The Morgan fingerprint density at radius 2 is 1.14 bits per heavy atom. The van der Waals surface area contributed by atoms with Gasteiger partial charge in [0, 0.05) is 0 Å². The first kappa shape index (κ1) is 33.4. The van der Waals surface area contributed by atoms with E-state index in [1.165, 1.54) is 54.9 Å². The van der Waals surface area contributed by atoms with Crippen molar-refractivity contribution in [2.24, 2.45) is 0 Å². The van der Waals surface area contributed by atoms with E-state index in [9.17, 15) is 0 Å². The van der Waals surface area contributed by atoms with E-state index in [2.05, 4.69) is 127 Å². The molecule has 0 nitrogen and oxygen atoms in total. The number of fused-ring (bicyclic) bond motifs is 8. The molecule has 1 aliphatic rings. The Kier molecular flexibility index (Phi) is 12.6. The SMILES string of the molecule is [Cl-].[Cl-].[Zr+2]=[C](Cc1ccccc1)Cc1ccccc1.[c-]1cccc2c1c1c(c3ccccc32)-c2ccccc2C1.c1cc[cH-]c1. The van der Waals surface area contributed by atoms with E-state index in [1.54, 1.807) is 27.4 Å². The summed E-state index contributed by atoms with van der Waals surface area (Å²) < 4.78 is 1.60. The fraction of sp³-hybridized carbons (Fsp3) is 0.0732. The van der Waals surface area contributed by atoms with Gasteiger partial charge in [0.05, 0.1) is 0 Å². The molecule has 0 heterocycles. The summed E-state index contributed by atoms with van der Waals surface area (Å²) in [6.07, 6.45) is 3.26. The van der Waals surface area contributed by atoms with E-state index in [-0.39, 0.29) is 24.8 Å². The average Bonchev–Trinajstić information content (AvgIpc) is 3.75. The summed E-state index contributed by atoms with van der Waals surface area (Å²) in [5.74, 6) is 0. The minimum Gasteiger partial charge on any atom is -0.214 e. The molecule has 0 aliphatic heterocycles. The molecule has 0 fully saturated rings. The molecule has 0 amide bonds. The van der Waals surface area contributed by atoms with Crippen molar-refractivity contribution in [1.82, 2.24) is 0 Å². The van der Waals surface area contributed by atoms with Crippen LogP contribution in [0.4, 0.5) is 0 Å². The van der Waals surface area contributed by atoms with Gasteiger partial charge in [0.2, 0.25) is 0 Å². The molecular formula is C41H32Cl2Zr-2. The molecule has 0 saturated heterocycles. The van der Waals surface area contributed by atoms with Crippen LogP contribution in [0.3, 0.4) is 0 Å². The van der Waals surface area contributed by atoms with Crippen LogP contribution in [0.2, 0.25) is 0 Å². The Morgan fingerprint density at radius 3 is 1.75 bits per heavy atom. The van der Waals surface area contributed by atoms with Crippen molar-refractivity contribution in [3.8, 4) is 11.1 Å². The third-order valence-electron chi connectivity index (χ3n) is 7.68. The van der Waals surface area contributed by atoms with Gasteiger partial charge in [-0.25, -0.2) is 12.1 Å². The molecule has 3 heteroatoms. The molecule has 0 unspecified atom stereocenters. The summed E-state index contributed by atoms with van der Waals surface area (Å²) in [6, 6.07) is 58.7. The van der Waals surface area contributed by atoms with E-state index < -0.39 is 0 Å². The summed E-state index contributed by atoms with van der Waals surface area (Å²) >= 11 is 1.55. The topological polar surface area (TPSA) is 0 Å². The van der Waals surface area contributed by atoms with Crippen LogP contribution in [-0.4, -0.2) is 3.21 Å². The molecule has 7 aromatic carbocycles. The molecule has 0 aromatic heterocycles. The largest absolute Gasteiger partial charge is 0.214 e. The minimum absolute atomic E-state index is 0. The number of rotatable bonds is 4. The zero-order chi connectivity index (χ0) is 28.6. The van der Waals surface area contributed by atoms with Crippen LogP contribution in [0.1, 0.15) is 22.3 Å². The number of halogens is 2. The molecule has 8 rings (SSSR count). The van der Waals surface area contributed by atoms with Crippen molar-refractivity contribution >= 4 is 24.8 Å². The summed E-state index contributed by atoms with van der Waals surface area (Å²) in [6.45, 7) is 0. The van der Waals surface area contributed by atoms with Gasteiger partial charge in [-0.15, -0.1) is 40.6 Å². The van der Waals surface area contributed by atoms with Crippen molar-refractivity contribution in [3.63, 3.8) is 0 Å². The molecular weight excluding hydrogens is 655 g/mol. The molecule has 0 saturated carbocycles. The molecule has 0 spiro atoms. The Bertz CT molecular complexity index is 1850. The molecule has 216 valence electrons. The van der Waals surface area contributed by atoms with Gasteiger partial charge in [0.15, 0.2) is 0 Å². The van der Waals surface area contributed by atoms with Crippen LogP contribution in [0.5, 0.6) is 0 Å². The van der Waals surface area contributed by atoms with Crippen LogP contribution in [0, 0.1) is 6.07 Å². The fourth-order valence-corrected chi connectivity index (χ4v) is 6.80. The number of hydrogen-bond donors (Lipinski definition) is 0. The van der Waals surface area contributed by atoms with E-state index >= 15 is 0 Å². The normalized spacial score (nSPS) is 10.6. The maximum absolute atomic E-state index is 3.48. The van der Waals surface area contributed by atoms with Crippen molar-refractivity contribution in [1.29, 1.82) is 0 Å². The first-order valence-corrected chi connectivity index (χ1v) is 15.7. The number of hydrogen-bond acceptors (Lipinski definition) is 0. The van der Waals surface area contributed by atoms with E-state index in [1.807, 2.05) is 36.4 Å². The second-order valence-electron chi connectivity index (χ2n) is 10.6. The summed E-state index contributed by atoms with van der Waals surface area (Å²) in [4.78, 5) is 0. The zero-order valence-corrected chi connectivity index (χ0v) is 28.4. The van der Waals surface area contributed by atoms with E-state index in [0.717, 1.165) is 19.3 Å². The molecule has 7 aromatic rings. The van der Waals surface area contributed by atoms with Crippen molar-refractivity contribution in [2.75, 3.05) is 0 Å². The van der Waals surface area contributed by atoms with Gasteiger partial charge in [-0.3, -0.25) is 0 Å². The summed E-state index contributed by atoms with van der Waals surface area (Å²) in [5.41, 5.74) is 8.52. The quantitative estimate of drug-likeness (QED) is 0.194. The minimum atomic E-state index is 0. The van der Waals surface area contributed by atoms with Gasteiger partial charge in [0.1, 0.15) is 0 Å². The monoisotopic (exact) mass is 684 g/mol. The summed E-state index contributed by atoms with van der Waals surface area (Å²) in [5, 5.41) is 5.30. The van der Waals surface area contributed by atoms with Crippen LogP contribution in [0.25, 0.3) is 32.7 Å². The van der Waals surface area contributed by atoms with Gasteiger partial charge >= 0.3 is 112 Å². The maximum Gasteiger partial charge on any atom is -0.0240 e. The van der Waals surface area contributed by atoms with Crippen LogP contribution >= 0.6 is 0 Å². The van der Waals surface area contributed by atoms with Gasteiger partial charge in [-0.05, 0) is 28.5 Å². The second kappa shape index (κ2) is 16.6. The van der Waals surface area contributed by atoms with Gasteiger partial charge in [-0.2, -0.15) is 18.2 Å². The number of benzene rings is 6. The maximum atomic E-state index is 3.48. The van der Waals surface area contributed by atoms with Gasteiger partial charge in [0.25, 0.3) is 0 Å². The Labute approximate surface area is 288 Å². The molecule has 44 heavy (non-hydrogen) atoms. The Morgan fingerprint density at radius 1 is 0.591 bits per heavy atom. The van der Waals surface area contributed by atoms with Crippen LogP contribution in [0.15, 0.2) is 158 Å². The average molecular weight is 687 g/mol.